The molecule has 0 aliphatic rings. The zero-order valence-corrected chi connectivity index (χ0v) is 6.01. The number of sulfonamides is 1. The van der Waals surface area contributed by atoms with Crippen molar-refractivity contribution in [3.63, 3.8) is 0 Å². The molecule has 0 atom stereocenters. The highest BCUT2D eigenvalue weighted by atomic mass is 32.2. The molecule has 2 N–H and O–H groups in total. The van der Waals surface area contributed by atoms with Crippen LogP contribution in [0.3, 0.4) is 0 Å². The van der Waals surface area contributed by atoms with Crippen LogP contribution in [0.4, 0.5) is 0 Å². The molecule has 0 fully saturated rings. The van der Waals surface area contributed by atoms with Crippen LogP contribution in [0.25, 0.3) is 0 Å². The van der Waals surface area contributed by atoms with Crippen molar-refractivity contribution in [2.24, 2.45) is 0 Å². The molecule has 0 bridgehead atoms. The number of hydrogen-bond donors (Lipinski definition) is 2. The lowest BCUT2D eigenvalue weighted by Crippen LogP contribution is -2.25. The van der Waals surface area contributed by atoms with Crippen LogP contribution < -0.4 is 4.89 Å². The van der Waals surface area contributed by atoms with Crippen LogP contribution in [0, 0.1) is 0 Å². The molecular weight excluding hydrogens is 162 g/mol. The summed E-state index contributed by atoms with van der Waals surface area (Å²) < 4.78 is 20.4. The molecule has 0 saturated heterocycles. The number of hydrogen-bond acceptors (Lipinski definition) is 4. The summed E-state index contributed by atoms with van der Waals surface area (Å²) in [4.78, 5) is 15.3. The molecule has 6 nitrogen and oxygen atoms in total. The van der Waals surface area contributed by atoms with Crippen molar-refractivity contribution in [1.82, 2.24) is 4.89 Å². The quantitative estimate of drug-likeness (QED) is 0.502. The number of aliphatic carboxylic acids is 1. The summed E-state index contributed by atoms with van der Waals surface area (Å²) in [5, 5.41) is 7.95. The van der Waals surface area contributed by atoms with Crippen LogP contribution in [-0.2, 0) is 19.7 Å². The lowest BCUT2D eigenvalue weighted by atomic mass is 10.8. The van der Waals surface area contributed by atoms with Gasteiger partial charge in [-0.25, -0.2) is 13.2 Å². The third kappa shape index (κ3) is 7.34. The molecule has 0 aliphatic carbocycles. The second-order valence-electron chi connectivity index (χ2n) is 1.54. The molecule has 0 aromatic carbocycles. The number of rotatable bonds is 4. The highest BCUT2D eigenvalue weighted by Crippen LogP contribution is 1.74. The molecule has 0 heterocycles. The number of carboxylic acids is 1. The Bertz CT molecular complexity index is 207. The predicted octanol–water partition coefficient (Wildman–Crippen LogP) is -1.45. The Balaban J connectivity index is 3.49. The minimum Gasteiger partial charge on any atom is -0.479 e. The molecule has 0 spiro atoms. The summed E-state index contributed by atoms with van der Waals surface area (Å²) in [6, 6.07) is 0. The first-order valence-corrected chi connectivity index (χ1v) is 4.11. The highest BCUT2D eigenvalue weighted by molar-refractivity contribution is 7.88. The minimum atomic E-state index is -3.46. The molecule has 0 rings (SSSR count). The van der Waals surface area contributed by atoms with E-state index in [4.69, 9.17) is 5.11 Å². The first kappa shape index (κ1) is 9.34. The summed E-state index contributed by atoms with van der Waals surface area (Å²) in [5.41, 5.74) is 0. The zero-order valence-electron chi connectivity index (χ0n) is 5.20. The van der Waals surface area contributed by atoms with Gasteiger partial charge in [0.2, 0.25) is 10.0 Å². The summed E-state index contributed by atoms with van der Waals surface area (Å²) in [6.45, 7) is -0.687. The van der Waals surface area contributed by atoms with Crippen LogP contribution >= 0.6 is 0 Å². The second kappa shape index (κ2) is 3.49. The largest absolute Gasteiger partial charge is 0.479 e. The van der Waals surface area contributed by atoms with Gasteiger partial charge in [-0.05, 0) is 0 Å². The van der Waals surface area contributed by atoms with Gasteiger partial charge in [0.25, 0.3) is 0 Å². The molecule has 0 unspecified atom stereocenters. The van der Waals surface area contributed by atoms with Crippen LogP contribution in [0.5, 0.6) is 0 Å². The van der Waals surface area contributed by atoms with Crippen molar-refractivity contribution < 1.29 is 23.2 Å². The van der Waals surface area contributed by atoms with E-state index in [1.54, 1.807) is 4.89 Å². The van der Waals surface area contributed by atoms with Crippen LogP contribution in [0.2, 0.25) is 0 Å². The molecule has 0 aromatic rings. The molecule has 0 aliphatic heterocycles. The van der Waals surface area contributed by atoms with Gasteiger partial charge >= 0.3 is 5.97 Å². The fourth-order valence-corrected chi connectivity index (χ4v) is 0.471. The Kier molecular flexibility index (Phi) is 3.26. The summed E-state index contributed by atoms with van der Waals surface area (Å²) in [5.74, 6) is -1.24. The van der Waals surface area contributed by atoms with E-state index in [0.29, 0.717) is 0 Å². The zero-order chi connectivity index (χ0) is 8.20. The molecule has 0 saturated carbocycles. The average Bonchev–Trinajstić information content (AvgIpc) is 1.59. The van der Waals surface area contributed by atoms with E-state index in [0.717, 1.165) is 6.26 Å². The lowest BCUT2D eigenvalue weighted by molar-refractivity contribution is -0.143. The van der Waals surface area contributed by atoms with Gasteiger partial charge in [0.05, 0.1) is 6.26 Å². The molecule has 7 heteroatoms. The third-order valence-electron chi connectivity index (χ3n) is 0.406. The molecular formula is C3H7NO5S. The smallest absolute Gasteiger partial charge is 0.331 e. The van der Waals surface area contributed by atoms with Gasteiger partial charge in [0, 0.05) is 0 Å². The van der Waals surface area contributed by atoms with Crippen LogP contribution in [-0.4, -0.2) is 32.4 Å². The minimum absolute atomic E-state index is 0.687. The molecule has 0 aromatic heterocycles. The van der Waals surface area contributed by atoms with Crippen molar-refractivity contribution in [2.45, 2.75) is 0 Å². The van der Waals surface area contributed by atoms with E-state index in [9.17, 15) is 13.2 Å². The first-order chi connectivity index (χ1) is 4.42. The summed E-state index contributed by atoms with van der Waals surface area (Å²) >= 11 is 0. The first-order valence-electron chi connectivity index (χ1n) is 2.22. The van der Waals surface area contributed by atoms with Crippen molar-refractivity contribution in [2.75, 3.05) is 12.9 Å². The van der Waals surface area contributed by atoms with Crippen molar-refractivity contribution in [3.05, 3.63) is 0 Å². The van der Waals surface area contributed by atoms with Gasteiger partial charge in [-0.2, -0.15) is 0 Å². The molecule has 0 amide bonds. The Labute approximate surface area is 57.8 Å². The second-order valence-corrected chi connectivity index (χ2v) is 3.25. The molecule has 0 radical (unpaired) electrons. The number of carboxylic acid groups (broad SMARTS) is 1. The van der Waals surface area contributed by atoms with E-state index < -0.39 is 22.6 Å². The van der Waals surface area contributed by atoms with Crippen molar-refractivity contribution in [3.8, 4) is 0 Å². The normalized spacial score (nSPS) is 11.3. The van der Waals surface area contributed by atoms with Gasteiger partial charge in [-0.15, -0.1) is 0 Å². The SMILES string of the molecule is CS(=O)(=O)NOCC(=O)O. The van der Waals surface area contributed by atoms with E-state index >= 15 is 0 Å². The van der Waals surface area contributed by atoms with E-state index in [2.05, 4.69) is 4.84 Å². The predicted molar refractivity (Wildman–Crippen MR) is 31.6 cm³/mol. The Morgan fingerprint density at radius 1 is 1.70 bits per heavy atom. The van der Waals surface area contributed by atoms with E-state index in [1.165, 1.54) is 0 Å². The van der Waals surface area contributed by atoms with Crippen molar-refractivity contribution >= 4 is 16.0 Å². The van der Waals surface area contributed by atoms with Gasteiger partial charge < -0.3 is 5.11 Å². The van der Waals surface area contributed by atoms with E-state index in [1.807, 2.05) is 0 Å². The summed E-state index contributed by atoms with van der Waals surface area (Å²) in [6.07, 6.45) is 0.856. The fourth-order valence-electron chi connectivity index (χ4n) is 0.198. The van der Waals surface area contributed by atoms with Gasteiger partial charge in [-0.1, -0.05) is 4.89 Å². The fraction of sp³-hybridized carbons (Fsp3) is 0.667. The molecule has 10 heavy (non-hydrogen) atoms. The van der Waals surface area contributed by atoms with Gasteiger partial charge in [0.15, 0.2) is 6.61 Å². The van der Waals surface area contributed by atoms with Crippen molar-refractivity contribution in [1.29, 1.82) is 0 Å². The maximum atomic E-state index is 10.2. The topological polar surface area (TPSA) is 92.7 Å². The summed E-state index contributed by atoms with van der Waals surface area (Å²) in [7, 11) is -3.46. The number of nitrogens with one attached hydrogen (secondary N) is 1. The average molecular weight is 169 g/mol. The lowest BCUT2D eigenvalue weighted by Gasteiger charge is -1.98. The Morgan fingerprint density at radius 2 is 2.20 bits per heavy atom. The monoisotopic (exact) mass is 169 g/mol. The van der Waals surface area contributed by atoms with Gasteiger partial charge in [0.1, 0.15) is 0 Å². The standard InChI is InChI=1S/C3H7NO5S/c1-10(7,8)4-9-2-3(5)6/h4H,2H2,1H3,(H,5,6). The third-order valence-corrected chi connectivity index (χ3v) is 0.827. The van der Waals surface area contributed by atoms with Crippen LogP contribution in [0.15, 0.2) is 0 Å². The maximum absolute atomic E-state index is 10.2. The van der Waals surface area contributed by atoms with E-state index in [-0.39, 0.29) is 0 Å². The van der Waals surface area contributed by atoms with Gasteiger partial charge in [-0.3, -0.25) is 4.84 Å². The molecule has 60 valence electrons. The Hall–Kier alpha value is -0.660. The number of carbonyl (C=O) groups is 1. The Morgan fingerprint density at radius 3 is 2.50 bits per heavy atom. The highest BCUT2D eigenvalue weighted by Gasteiger charge is 2.01. The van der Waals surface area contributed by atoms with Crippen LogP contribution in [0.1, 0.15) is 0 Å². The maximum Gasteiger partial charge on any atom is 0.331 e.